The van der Waals surface area contributed by atoms with Crippen LogP contribution in [0.2, 0.25) is 0 Å². The largest absolute Gasteiger partial charge is 0.320 e. The highest BCUT2D eigenvalue weighted by Crippen LogP contribution is 2.21. The van der Waals surface area contributed by atoms with Crippen LogP contribution >= 0.6 is 0 Å². The zero-order chi connectivity index (χ0) is 11.5. The maximum Gasteiger partial charge on any atom is 0.128 e. The first kappa shape index (κ1) is 10.7. The molecule has 1 heterocycles. The van der Waals surface area contributed by atoms with Crippen molar-refractivity contribution in [1.29, 1.82) is 0 Å². The van der Waals surface area contributed by atoms with E-state index in [2.05, 4.69) is 9.97 Å². The van der Waals surface area contributed by atoms with E-state index in [4.69, 9.17) is 5.73 Å². The van der Waals surface area contributed by atoms with Crippen molar-refractivity contribution in [3.05, 3.63) is 59.4 Å². The molecule has 1 aromatic heterocycles. The second-order valence-corrected chi connectivity index (χ2v) is 3.67. The third kappa shape index (κ3) is 2.06. The molecule has 2 aromatic rings. The van der Waals surface area contributed by atoms with Crippen molar-refractivity contribution in [3.8, 4) is 0 Å². The number of hydrogen-bond acceptors (Lipinski definition) is 3. The molecule has 16 heavy (non-hydrogen) atoms. The van der Waals surface area contributed by atoms with Crippen LogP contribution in [0.3, 0.4) is 0 Å². The van der Waals surface area contributed by atoms with E-state index < -0.39 is 6.04 Å². The minimum Gasteiger partial charge on any atom is -0.320 e. The molecular weight excluding hydrogens is 205 g/mol. The second kappa shape index (κ2) is 4.37. The lowest BCUT2D eigenvalue weighted by molar-refractivity contribution is 0.598. The third-order valence-corrected chi connectivity index (χ3v) is 2.43. The molecule has 3 nitrogen and oxygen atoms in total. The summed E-state index contributed by atoms with van der Waals surface area (Å²) in [5.41, 5.74) is 8.11. The number of nitrogens with zero attached hydrogens (tertiary/aromatic N) is 2. The van der Waals surface area contributed by atoms with E-state index >= 15 is 0 Å². The number of aryl methyl sites for hydroxylation is 1. The van der Waals surface area contributed by atoms with Crippen LogP contribution in [-0.2, 0) is 0 Å². The summed E-state index contributed by atoms with van der Waals surface area (Å²) in [5.74, 6) is -0.304. The van der Waals surface area contributed by atoms with Crippen molar-refractivity contribution in [2.75, 3.05) is 0 Å². The van der Waals surface area contributed by atoms with Gasteiger partial charge in [0.2, 0.25) is 0 Å². The minimum atomic E-state index is -0.527. The van der Waals surface area contributed by atoms with Crippen LogP contribution in [0.1, 0.15) is 22.7 Å². The lowest BCUT2D eigenvalue weighted by Crippen LogP contribution is -2.14. The predicted octanol–water partition coefficient (Wildman–Crippen LogP) is 1.97. The van der Waals surface area contributed by atoms with E-state index in [-0.39, 0.29) is 5.82 Å². The Labute approximate surface area is 93.2 Å². The summed E-state index contributed by atoms with van der Waals surface area (Å²) in [6.45, 7) is 1.90. The SMILES string of the molecule is Cc1ccc(F)c(C(N)c2cncnc2)c1. The summed E-state index contributed by atoms with van der Waals surface area (Å²) in [5, 5.41) is 0. The molecule has 0 radical (unpaired) electrons. The first-order valence-electron chi connectivity index (χ1n) is 4.95. The number of hydrogen-bond donors (Lipinski definition) is 1. The van der Waals surface area contributed by atoms with Gasteiger partial charge in [0.05, 0.1) is 6.04 Å². The Balaban J connectivity index is 2.41. The van der Waals surface area contributed by atoms with Crippen molar-refractivity contribution < 1.29 is 4.39 Å². The van der Waals surface area contributed by atoms with Gasteiger partial charge in [0.1, 0.15) is 12.1 Å². The van der Waals surface area contributed by atoms with Gasteiger partial charge < -0.3 is 5.73 Å². The van der Waals surface area contributed by atoms with Gasteiger partial charge in [0, 0.05) is 23.5 Å². The summed E-state index contributed by atoms with van der Waals surface area (Å²) < 4.78 is 13.6. The standard InChI is InChI=1S/C12H12FN3/c1-8-2-3-11(13)10(4-8)12(14)9-5-15-7-16-6-9/h2-7,12H,14H2,1H3. The van der Waals surface area contributed by atoms with Gasteiger partial charge in [-0.15, -0.1) is 0 Å². The highest BCUT2D eigenvalue weighted by Gasteiger charge is 2.13. The fourth-order valence-electron chi connectivity index (χ4n) is 1.55. The molecule has 0 amide bonds. The van der Waals surface area contributed by atoms with Crippen molar-refractivity contribution >= 4 is 0 Å². The quantitative estimate of drug-likeness (QED) is 0.836. The van der Waals surface area contributed by atoms with Gasteiger partial charge in [-0.2, -0.15) is 0 Å². The van der Waals surface area contributed by atoms with Crippen LogP contribution < -0.4 is 5.73 Å². The van der Waals surface area contributed by atoms with Crippen LogP contribution in [-0.4, -0.2) is 9.97 Å². The lowest BCUT2D eigenvalue weighted by Gasteiger charge is -2.13. The minimum absolute atomic E-state index is 0.304. The van der Waals surface area contributed by atoms with Gasteiger partial charge in [-0.3, -0.25) is 0 Å². The Morgan fingerprint density at radius 2 is 1.94 bits per heavy atom. The molecule has 1 unspecified atom stereocenters. The number of nitrogens with two attached hydrogens (primary N) is 1. The monoisotopic (exact) mass is 217 g/mol. The van der Waals surface area contributed by atoms with Gasteiger partial charge in [0.25, 0.3) is 0 Å². The molecule has 4 heteroatoms. The molecule has 1 atom stereocenters. The van der Waals surface area contributed by atoms with E-state index in [1.54, 1.807) is 24.5 Å². The molecule has 0 saturated heterocycles. The molecule has 0 saturated carbocycles. The number of benzene rings is 1. The Bertz CT molecular complexity index is 485. The molecule has 0 aliphatic rings. The van der Waals surface area contributed by atoms with Gasteiger partial charge >= 0.3 is 0 Å². The summed E-state index contributed by atoms with van der Waals surface area (Å²) in [6.07, 6.45) is 4.61. The van der Waals surface area contributed by atoms with Gasteiger partial charge in [0.15, 0.2) is 0 Å². The summed E-state index contributed by atoms with van der Waals surface area (Å²) in [7, 11) is 0. The van der Waals surface area contributed by atoms with Crippen molar-refractivity contribution in [2.24, 2.45) is 5.73 Å². The molecule has 0 spiro atoms. The number of aromatic nitrogens is 2. The Hall–Kier alpha value is -1.81. The second-order valence-electron chi connectivity index (χ2n) is 3.67. The molecular formula is C12H12FN3. The first-order chi connectivity index (χ1) is 7.68. The predicted molar refractivity (Wildman–Crippen MR) is 59.2 cm³/mol. The van der Waals surface area contributed by atoms with Gasteiger partial charge in [-0.1, -0.05) is 17.7 Å². The maximum absolute atomic E-state index is 13.6. The van der Waals surface area contributed by atoms with Crippen molar-refractivity contribution in [3.63, 3.8) is 0 Å². The van der Waals surface area contributed by atoms with Crippen molar-refractivity contribution in [1.82, 2.24) is 9.97 Å². The molecule has 0 fully saturated rings. The van der Waals surface area contributed by atoms with E-state index in [1.165, 1.54) is 12.4 Å². The average molecular weight is 217 g/mol. The van der Waals surface area contributed by atoms with Crippen LogP contribution in [0.4, 0.5) is 4.39 Å². The normalized spacial score (nSPS) is 12.4. The molecule has 0 aliphatic carbocycles. The number of rotatable bonds is 2. The van der Waals surface area contributed by atoms with E-state index in [0.29, 0.717) is 11.1 Å². The highest BCUT2D eigenvalue weighted by molar-refractivity contribution is 5.32. The van der Waals surface area contributed by atoms with Crippen LogP contribution in [0.5, 0.6) is 0 Å². The molecule has 0 aliphatic heterocycles. The van der Waals surface area contributed by atoms with E-state index in [0.717, 1.165) is 5.56 Å². The molecule has 0 bridgehead atoms. The third-order valence-electron chi connectivity index (χ3n) is 2.43. The topological polar surface area (TPSA) is 51.8 Å². The average Bonchev–Trinajstić information content (AvgIpc) is 2.32. The zero-order valence-electron chi connectivity index (χ0n) is 8.89. The fourth-order valence-corrected chi connectivity index (χ4v) is 1.55. The van der Waals surface area contributed by atoms with E-state index in [9.17, 15) is 4.39 Å². The summed E-state index contributed by atoms with van der Waals surface area (Å²) in [6, 6.07) is 4.36. The fraction of sp³-hybridized carbons (Fsp3) is 0.167. The van der Waals surface area contributed by atoms with Crippen LogP contribution in [0.25, 0.3) is 0 Å². The summed E-state index contributed by atoms with van der Waals surface area (Å²) in [4.78, 5) is 7.74. The summed E-state index contributed by atoms with van der Waals surface area (Å²) >= 11 is 0. The van der Waals surface area contributed by atoms with Crippen LogP contribution in [0.15, 0.2) is 36.9 Å². The molecule has 1 aromatic carbocycles. The zero-order valence-corrected chi connectivity index (χ0v) is 8.89. The van der Waals surface area contributed by atoms with Gasteiger partial charge in [-0.25, -0.2) is 14.4 Å². The molecule has 2 rings (SSSR count). The Kier molecular flexibility index (Phi) is 2.92. The Morgan fingerprint density at radius 3 is 2.62 bits per heavy atom. The molecule has 2 N–H and O–H groups in total. The van der Waals surface area contributed by atoms with Gasteiger partial charge in [-0.05, 0) is 13.0 Å². The first-order valence-corrected chi connectivity index (χ1v) is 4.95. The lowest BCUT2D eigenvalue weighted by atomic mass is 10.00. The number of halogens is 1. The van der Waals surface area contributed by atoms with Crippen molar-refractivity contribution in [2.45, 2.75) is 13.0 Å². The highest BCUT2D eigenvalue weighted by atomic mass is 19.1. The Morgan fingerprint density at radius 1 is 1.25 bits per heavy atom. The smallest absolute Gasteiger partial charge is 0.128 e. The molecule has 82 valence electrons. The van der Waals surface area contributed by atoms with Crippen LogP contribution in [0, 0.1) is 12.7 Å². The van der Waals surface area contributed by atoms with E-state index in [1.807, 2.05) is 6.92 Å². The maximum atomic E-state index is 13.6.